The lowest BCUT2D eigenvalue weighted by Crippen LogP contribution is -2.45. The SMILES string of the molecule is Cc1cc(NC(=O)CN2CCC[C@@H](N)C2)no1.Cl. The van der Waals surface area contributed by atoms with E-state index in [0.29, 0.717) is 18.1 Å². The number of carbonyl (C=O) groups is 1. The number of carbonyl (C=O) groups excluding carboxylic acids is 1. The van der Waals surface area contributed by atoms with Crippen molar-refractivity contribution in [3.8, 4) is 0 Å². The number of nitrogens with two attached hydrogens (primary N) is 1. The van der Waals surface area contributed by atoms with Crippen LogP contribution in [-0.2, 0) is 4.79 Å². The first-order valence-electron chi connectivity index (χ1n) is 5.84. The smallest absolute Gasteiger partial charge is 0.239 e. The molecule has 1 atom stereocenters. The van der Waals surface area contributed by atoms with Gasteiger partial charge >= 0.3 is 0 Å². The van der Waals surface area contributed by atoms with E-state index >= 15 is 0 Å². The number of likely N-dealkylation sites (tertiary alicyclic amines) is 1. The number of aromatic nitrogens is 1. The van der Waals surface area contributed by atoms with Gasteiger partial charge in [0.15, 0.2) is 5.82 Å². The van der Waals surface area contributed by atoms with Gasteiger partial charge in [0.2, 0.25) is 5.91 Å². The number of hydrogen-bond acceptors (Lipinski definition) is 5. The highest BCUT2D eigenvalue weighted by Crippen LogP contribution is 2.09. The van der Waals surface area contributed by atoms with Crippen molar-refractivity contribution in [2.45, 2.75) is 25.8 Å². The first-order valence-corrected chi connectivity index (χ1v) is 5.84. The topological polar surface area (TPSA) is 84.4 Å². The Morgan fingerprint density at radius 3 is 3.11 bits per heavy atom. The molecule has 18 heavy (non-hydrogen) atoms. The van der Waals surface area contributed by atoms with Gasteiger partial charge in [0, 0.05) is 18.7 Å². The number of aryl methyl sites for hydroxylation is 1. The van der Waals surface area contributed by atoms with Crippen LogP contribution < -0.4 is 11.1 Å². The van der Waals surface area contributed by atoms with Crippen molar-refractivity contribution < 1.29 is 9.32 Å². The minimum absolute atomic E-state index is 0. The van der Waals surface area contributed by atoms with Crippen molar-refractivity contribution in [1.29, 1.82) is 0 Å². The van der Waals surface area contributed by atoms with Gasteiger partial charge in [-0.2, -0.15) is 0 Å². The third-order valence-corrected chi connectivity index (χ3v) is 2.80. The number of hydrogen-bond donors (Lipinski definition) is 2. The Hall–Kier alpha value is -1.11. The minimum Gasteiger partial charge on any atom is -0.360 e. The van der Waals surface area contributed by atoms with Crippen LogP contribution in [0, 0.1) is 6.92 Å². The van der Waals surface area contributed by atoms with Crippen LogP contribution >= 0.6 is 12.4 Å². The summed E-state index contributed by atoms with van der Waals surface area (Å²) in [5.74, 6) is 1.07. The molecule has 0 spiro atoms. The predicted octanol–water partition coefficient (Wildman–Crippen LogP) is 0.766. The van der Waals surface area contributed by atoms with E-state index < -0.39 is 0 Å². The van der Waals surface area contributed by atoms with Gasteiger partial charge < -0.3 is 15.6 Å². The Balaban J connectivity index is 0.00000162. The van der Waals surface area contributed by atoms with Gasteiger partial charge in [-0.3, -0.25) is 9.69 Å². The molecule has 0 aliphatic carbocycles. The van der Waals surface area contributed by atoms with Crippen molar-refractivity contribution in [3.05, 3.63) is 11.8 Å². The van der Waals surface area contributed by atoms with Crippen molar-refractivity contribution in [3.63, 3.8) is 0 Å². The fourth-order valence-corrected chi connectivity index (χ4v) is 2.05. The average molecular weight is 275 g/mol. The highest BCUT2D eigenvalue weighted by molar-refractivity contribution is 5.91. The summed E-state index contributed by atoms with van der Waals surface area (Å²) in [6.45, 7) is 3.86. The molecular weight excluding hydrogens is 256 g/mol. The Morgan fingerprint density at radius 2 is 2.50 bits per heavy atom. The number of nitrogens with zero attached hydrogens (tertiary/aromatic N) is 2. The number of halogens is 1. The number of piperidine rings is 1. The van der Waals surface area contributed by atoms with Crippen LogP contribution in [0.3, 0.4) is 0 Å². The zero-order valence-corrected chi connectivity index (χ0v) is 11.2. The van der Waals surface area contributed by atoms with Crippen LogP contribution in [0.4, 0.5) is 5.82 Å². The molecule has 7 heteroatoms. The van der Waals surface area contributed by atoms with Gasteiger partial charge in [-0.15, -0.1) is 12.4 Å². The largest absolute Gasteiger partial charge is 0.360 e. The van der Waals surface area contributed by atoms with Gasteiger partial charge in [0.05, 0.1) is 6.54 Å². The molecule has 0 saturated carbocycles. The first-order chi connectivity index (χ1) is 8.13. The Labute approximate surface area is 112 Å². The second-order valence-electron chi connectivity index (χ2n) is 4.51. The predicted molar refractivity (Wildman–Crippen MR) is 70.8 cm³/mol. The summed E-state index contributed by atoms with van der Waals surface area (Å²) in [5.41, 5.74) is 5.86. The normalized spacial score (nSPS) is 20.2. The highest BCUT2D eigenvalue weighted by Gasteiger charge is 2.19. The highest BCUT2D eigenvalue weighted by atomic mass is 35.5. The molecule has 0 radical (unpaired) electrons. The zero-order chi connectivity index (χ0) is 12.3. The number of anilines is 1. The molecular formula is C11H19ClN4O2. The molecule has 6 nitrogen and oxygen atoms in total. The van der Waals surface area contributed by atoms with Crippen molar-refractivity contribution in [2.24, 2.45) is 5.73 Å². The van der Waals surface area contributed by atoms with E-state index in [1.165, 1.54) is 0 Å². The molecule has 3 N–H and O–H groups in total. The lowest BCUT2D eigenvalue weighted by atomic mass is 10.1. The maximum Gasteiger partial charge on any atom is 0.239 e. The van der Waals surface area contributed by atoms with Crippen molar-refractivity contribution in [1.82, 2.24) is 10.1 Å². The zero-order valence-electron chi connectivity index (χ0n) is 10.4. The molecule has 1 aliphatic rings. The van der Waals surface area contributed by atoms with E-state index in [0.717, 1.165) is 25.9 Å². The van der Waals surface area contributed by atoms with Crippen LogP contribution in [-0.4, -0.2) is 41.6 Å². The summed E-state index contributed by atoms with van der Waals surface area (Å²) in [6.07, 6.45) is 2.10. The molecule has 0 aromatic carbocycles. The van der Waals surface area contributed by atoms with Crippen LogP contribution in [0.5, 0.6) is 0 Å². The molecule has 1 saturated heterocycles. The van der Waals surface area contributed by atoms with E-state index in [1.54, 1.807) is 13.0 Å². The second kappa shape index (κ2) is 6.72. The fourth-order valence-electron chi connectivity index (χ4n) is 2.05. The number of amides is 1. The molecule has 2 heterocycles. The third kappa shape index (κ3) is 4.29. The van der Waals surface area contributed by atoms with Crippen LogP contribution in [0.1, 0.15) is 18.6 Å². The van der Waals surface area contributed by atoms with E-state index in [9.17, 15) is 4.79 Å². The Morgan fingerprint density at radius 1 is 1.72 bits per heavy atom. The molecule has 1 amide bonds. The van der Waals surface area contributed by atoms with E-state index in [-0.39, 0.29) is 24.4 Å². The van der Waals surface area contributed by atoms with Crippen molar-refractivity contribution >= 4 is 24.1 Å². The van der Waals surface area contributed by atoms with Crippen LogP contribution in [0.2, 0.25) is 0 Å². The van der Waals surface area contributed by atoms with E-state index in [1.807, 2.05) is 0 Å². The molecule has 1 fully saturated rings. The van der Waals surface area contributed by atoms with Crippen LogP contribution in [0.15, 0.2) is 10.6 Å². The molecule has 0 unspecified atom stereocenters. The third-order valence-electron chi connectivity index (χ3n) is 2.80. The van der Waals surface area contributed by atoms with Gasteiger partial charge in [-0.05, 0) is 26.3 Å². The molecule has 1 aromatic heterocycles. The summed E-state index contributed by atoms with van der Waals surface area (Å²) in [6, 6.07) is 1.88. The molecule has 102 valence electrons. The number of rotatable bonds is 3. The van der Waals surface area contributed by atoms with Crippen molar-refractivity contribution in [2.75, 3.05) is 25.0 Å². The summed E-state index contributed by atoms with van der Waals surface area (Å²) in [5, 5.41) is 6.41. The van der Waals surface area contributed by atoms with Gasteiger partial charge in [-0.1, -0.05) is 5.16 Å². The standard InChI is InChI=1S/C11H18N4O2.ClH/c1-8-5-10(14-17-8)13-11(16)7-15-4-2-3-9(12)6-15;/h5,9H,2-4,6-7,12H2,1H3,(H,13,14,16);1H/t9-;/m1./s1. The summed E-state index contributed by atoms with van der Waals surface area (Å²) >= 11 is 0. The van der Waals surface area contributed by atoms with Crippen LogP contribution in [0.25, 0.3) is 0 Å². The Kier molecular flexibility index (Phi) is 5.58. The first kappa shape index (κ1) is 14.9. The molecule has 2 rings (SSSR count). The molecule has 1 aromatic rings. The Bertz CT molecular complexity index is 396. The quantitative estimate of drug-likeness (QED) is 0.850. The lowest BCUT2D eigenvalue weighted by molar-refractivity contribution is -0.117. The summed E-state index contributed by atoms with van der Waals surface area (Å²) < 4.78 is 4.87. The maximum atomic E-state index is 11.7. The monoisotopic (exact) mass is 274 g/mol. The second-order valence-corrected chi connectivity index (χ2v) is 4.51. The van der Waals surface area contributed by atoms with Gasteiger partial charge in [0.25, 0.3) is 0 Å². The fraction of sp³-hybridized carbons (Fsp3) is 0.636. The van der Waals surface area contributed by atoms with Gasteiger partial charge in [-0.25, -0.2) is 0 Å². The van der Waals surface area contributed by atoms with E-state index in [2.05, 4.69) is 15.4 Å². The number of nitrogens with one attached hydrogen (secondary N) is 1. The molecule has 1 aliphatic heterocycles. The average Bonchev–Trinajstić information content (AvgIpc) is 2.63. The van der Waals surface area contributed by atoms with Gasteiger partial charge in [0.1, 0.15) is 5.76 Å². The summed E-state index contributed by atoms with van der Waals surface area (Å²) in [7, 11) is 0. The maximum absolute atomic E-state index is 11.7. The molecule has 0 bridgehead atoms. The van der Waals surface area contributed by atoms with E-state index in [4.69, 9.17) is 10.3 Å². The minimum atomic E-state index is -0.0765. The lowest BCUT2D eigenvalue weighted by Gasteiger charge is -2.29. The summed E-state index contributed by atoms with van der Waals surface area (Å²) in [4.78, 5) is 13.8.